The maximum atomic E-state index is 13.1. The monoisotopic (exact) mass is 265 g/mol. The van der Waals surface area contributed by atoms with Crippen LogP contribution < -0.4 is 5.32 Å². The van der Waals surface area contributed by atoms with E-state index in [1.165, 1.54) is 0 Å². The molecule has 0 aliphatic heterocycles. The Hall–Kier alpha value is -0.550. The summed E-state index contributed by atoms with van der Waals surface area (Å²) in [5, 5.41) is 2.54. The van der Waals surface area contributed by atoms with Crippen molar-refractivity contribution >= 4 is 38.8 Å². The minimum atomic E-state index is -0.544. The molecule has 1 aromatic rings. The van der Waals surface area contributed by atoms with Crippen LogP contribution in [0.25, 0.3) is 0 Å². The van der Waals surface area contributed by atoms with E-state index in [1.807, 2.05) is 0 Å². The van der Waals surface area contributed by atoms with Crippen LogP contribution in [-0.4, -0.2) is 4.99 Å². The standard InChI is InChI=1S/C8H6BrF2NS/c1-4(13)12-8-3-6(10)5(9)2-7(8)11/h2-3H,1H3,(H,12,13). The Balaban J connectivity index is 3.08. The summed E-state index contributed by atoms with van der Waals surface area (Å²) in [5.74, 6) is -1.07. The number of hydrogen-bond donors (Lipinski definition) is 1. The topological polar surface area (TPSA) is 12.0 Å². The largest absolute Gasteiger partial charge is 0.348 e. The molecule has 0 aromatic heterocycles. The molecule has 1 aromatic carbocycles. The third-order valence-electron chi connectivity index (χ3n) is 1.32. The van der Waals surface area contributed by atoms with E-state index in [2.05, 4.69) is 21.2 Å². The van der Waals surface area contributed by atoms with E-state index in [-0.39, 0.29) is 10.2 Å². The highest BCUT2D eigenvalue weighted by molar-refractivity contribution is 9.10. The van der Waals surface area contributed by atoms with Crippen LogP contribution in [0.1, 0.15) is 6.92 Å². The van der Waals surface area contributed by atoms with Crippen molar-refractivity contribution in [3.8, 4) is 0 Å². The summed E-state index contributed by atoms with van der Waals surface area (Å²) < 4.78 is 26.1. The number of anilines is 1. The lowest BCUT2D eigenvalue weighted by Crippen LogP contribution is -2.05. The molecule has 0 bridgehead atoms. The SMILES string of the molecule is CC(=S)Nc1cc(F)c(Br)cc1F. The molecule has 0 saturated carbocycles. The molecular formula is C8H6BrF2NS. The fraction of sp³-hybridized carbons (Fsp3) is 0.125. The van der Waals surface area contributed by atoms with Gasteiger partial charge in [-0.05, 0) is 28.9 Å². The van der Waals surface area contributed by atoms with Crippen LogP contribution in [0, 0.1) is 11.6 Å². The molecular weight excluding hydrogens is 260 g/mol. The van der Waals surface area contributed by atoms with Gasteiger partial charge in [-0.1, -0.05) is 12.2 Å². The molecule has 0 saturated heterocycles. The summed E-state index contributed by atoms with van der Waals surface area (Å²) in [6.07, 6.45) is 0. The van der Waals surface area contributed by atoms with Crippen LogP contribution in [-0.2, 0) is 0 Å². The van der Waals surface area contributed by atoms with Crippen LogP contribution in [0.2, 0.25) is 0 Å². The molecule has 0 spiro atoms. The first-order chi connectivity index (χ1) is 6.00. The van der Waals surface area contributed by atoms with E-state index in [0.717, 1.165) is 12.1 Å². The van der Waals surface area contributed by atoms with Crippen molar-refractivity contribution in [1.29, 1.82) is 0 Å². The third-order valence-corrected chi connectivity index (χ3v) is 2.03. The summed E-state index contributed by atoms with van der Waals surface area (Å²) in [5.41, 5.74) is 0.0493. The van der Waals surface area contributed by atoms with E-state index < -0.39 is 11.6 Å². The van der Waals surface area contributed by atoms with E-state index in [4.69, 9.17) is 12.2 Å². The van der Waals surface area contributed by atoms with Gasteiger partial charge in [-0.3, -0.25) is 0 Å². The number of halogens is 3. The van der Waals surface area contributed by atoms with Crippen molar-refractivity contribution in [3.63, 3.8) is 0 Å². The smallest absolute Gasteiger partial charge is 0.147 e. The molecule has 0 fully saturated rings. The zero-order valence-electron chi connectivity index (χ0n) is 6.70. The fourth-order valence-corrected chi connectivity index (χ4v) is 1.23. The quantitative estimate of drug-likeness (QED) is 0.617. The van der Waals surface area contributed by atoms with Crippen molar-refractivity contribution in [3.05, 3.63) is 28.2 Å². The zero-order valence-corrected chi connectivity index (χ0v) is 9.10. The second kappa shape index (κ2) is 4.11. The van der Waals surface area contributed by atoms with Gasteiger partial charge in [0.25, 0.3) is 0 Å². The predicted molar refractivity (Wildman–Crippen MR) is 56.0 cm³/mol. The van der Waals surface area contributed by atoms with E-state index in [0.29, 0.717) is 4.99 Å². The van der Waals surface area contributed by atoms with Crippen LogP contribution in [0.15, 0.2) is 16.6 Å². The molecule has 0 aliphatic rings. The Morgan fingerprint density at radius 3 is 2.54 bits per heavy atom. The van der Waals surface area contributed by atoms with Gasteiger partial charge in [-0.25, -0.2) is 8.78 Å². The van der Waals surface area contributed by atoms with Gasteiger partial charge < -0.3 is 5.32 Å². The van der Waals surface area contributed by atoms with Crippen LogP contribution in [0.3, 0.4) is 0 Å². The molecule has 0 heterocycles. The van der Waals surface area contributed by atoms with Crippen molar-refractivity contribution in [2.45, 2.75) is 6.92 Å². The minimum absolute atomic E-state index is 0.0493. The highest BCUT2D eigenvalue weighted by Crippen LogP contribution is 2.23. The molecule has 1 rings (SSSR count). The molecule has 5 heteroatoms. The van der Waals surface area contributed by atoms with Crippen LogP contribution in [0.5, 0.6) is 0 Å². The molecule has 0 atom stereocenters. The lowest BCUT2D eigenvalue weighted by Gasteiger charge is -2.05. The summed E-state index contributed by atoms with van der Waals surface area (Å²) in [7, 11) is 0. The third kappa shape index (κ3) is 2.70. The Kier molecular flexibility index (Phi) is 3.33. The fourth-order valence-electron chi connectivity index (χ4n) is 0.808. The Morgan fingerprint density at radius 2 is 2.00 bits per heavy atom. The van der Waals surface area contributed by atoms with Crippen LogP contribution in [0.4, 0.5) is 14.5 Å². The number of hydrogen-bond acceptors (Lipinski definition) is 1. The summed E-state index contributed by atoms with van der Waals surface area (Å²) in [6, 6.07) is 2.10. The van der Waals surface area contributed by atoms with Gasteiger partial charge in [0.05, 0.1) is 15.1 Å². The number of thiocarbonyl (C=S) groups is 1. The average Bonchev–Trinajstić information content (AvgIpc) is 1.99. The van der Waals surface area contributed by atoms with E-state index >= 15 is 0 Å². The maximum absolute atomic E-state index is 13.1. The van der Waals surface area contributed by atoms with E-state index in [1.54, 1.807) is 6.92 Å². The number of nitrogens with one attached hydrogen (secondary N) is 1. The number of rotatable bonds is 1. The molecule has 1 N–H and O–H groups in total. The molecule has 1 nitrogen and oxygen atoms in total. The predicted octanol–water partition coefficient (Wildman–Crippen LogP) is 3.49. The maximum Gasteiger partial charge on any atom is 0.147 e. The highest BCUT2D eigenvalue weighted by Gasteiger charge is 2.07. The summed E-state index contributed by atoms with van der Waals surface area (Å²) in [6.45, 7) is 1.59. The molecule has 0 amide bonds. The van der Waals surface area contributed by atoms with Gasteiger partial charge in [0, 0.05) is 6.07 Å². The van der Waals surface area contributed by atoms with Gasteiger partial charge in [0.15, 0.2) is 0 Å². The molecule has 0 aliphatic carbocycles. The van der Waals surface area contributed by atoms with Crippen molar-refractivity contribution in [2.24, 2.45) is 0 Å². The van der Waals surface area contributed by atoms with Crippen molar-refractivity contribution in [2.75, 3.05) is 5.32 Å². The molecule has 70 valence electrons. The lowest BCUT2D eigenvalue weighted by molar-refractivity contribution is 0.598. The Morgan fingerprint density at radius 1 is 1.38 bits per heavy atom. The van der Waals surface area contributed by atoms with Crippen molar-refractivity contribution in [1.82, 2.24) is 0 Å². The van der Waals surface area contributed by atoms with Gasteiger partial charge >= 0.3 is 0 Å². The van der Waals surface area contributed by atoms with Gasteiger partial charge in [0.1, 0.15) is 11.6 Å². The highest BCUT2D eigenvalue weighted by atomic mass is 79.9. The molecule has 0 radical (unpaired) electrons. The molecule has 0 unspecified atom stereocenters. The van der Waals surface area contributed by atoms with Gasteiger partial charge in [-0.15, -0.1) is 0 Å². The second-order valence-electron chi connectivity index (χ2n) is 2.43. The first kappa shape index (κ1) is 10.5. The van der Waals surface area contributed by atoms with Crippen molar-refractivity contribution < 1.29 is 8.78 Å². The normalized spacial score (nSPS) is 9.85. The zero-order chi connectivity index (χ0) is 10.0. The second-order valence-corrected chi connectivity index (χ2v) is 3.89. The first-order valence-corrected chi connectivity index (χ1v) is 4.63. The average molecular weight is 266 g/mol. The first-order valence-electron chi connectivity index (χ1n) is 3.43. The summed E-state index contributed by atoms with van der Waals surface area (Å²) >= 11 is 7.57. The van der Waals surface area contributed by atoms with Crippen LogP contribution >= 0.6 is 28.1 Å². The van der Waals surface area contributed by atoms with Gasteiger partial charge in [0.2, 0.25) is 0 Å². The molecule has 13 heavy (non-hydrogen) atoms. The Labute approximate surface area is 88.3 Å². The minimum Gasteiger partial charge on any atom is -0.348 e. The lowest BCUT2D eigenvalue weighted by atomic mass is 10.3. The Bertz CT molecular complexity index is 354. The summed E-state index contributed by atoms with van der Waals surface area (Å²) in [4.78, 5) is 0.389. The number of benzene rings is 1. The van der Waals surface area contributed by atoms with Gasteiger partial charge in [-0.2, -0.15) is 0 Å². The van der Waals surface area contributed by atoms with E-state index in [9.17, 15) is 8.78 Å².